The van der Waals surface area contributed by atoms with E-state index >= 15 is 0 Å². The predicted molar refractivity (Wildman–Crippen MR) is 128 cm³/mol. The zero-order chi connectivity index (χ0) is 23.4. The van der Waals surface area contributed by atoms with Gasteiger partial charge in [-0.25, -0.2) is 4.79 Å². The van der Waals surface area contributed by atoms with Crippen LogP contribution in [0.2, 0.25) is 0 Å². The van der Waals surface area contributed by atoms with E-state index in [9.17, 15) is 14.9 Å². The van der Waals surface area contributed by atoms with Gasteiger partial charge in [0, 0.05) is 34.4 Å². The van der Waals surface area contributed by atoms with E-state index in [0.717, 1.165) is 27.7 Å². The lowest BCUT2D eigenvalue weighted by atomic mass is 10.1. The van der Waals surface area contributed by atoms with E-state index in [0.29, 0.717) is 12.2 Å². The minimum Gasteiger partial charge on any atom is -0.478 e. The molecule has 1 amide bonds. The van der Waals surface area contributed by atoms with Crippen LogP contribution in [0.3, 0.4) is 0 Å². The van der Waals surface area contributed by atoms with Crippen LogP contribution in [0.4, 0.5) is 5.69 Å². The first kappa shape index (κ1) is 21.6. The molecule has 0 unspecified atom stereocenters. The normalized spacial score (nSPS) is 11.2. The van der Waals surface area contributed by atoms with Gasteiger partial charge in [-0.2, -0.15) is 5.26 Å². The number of para-hydroxylation sites is 1. The summed E-state index contributed by atoms with van der Waals surface area (Å²) in [4.78, 5) is 24.0. The van der Waals surface area contributed by atoms with Crippen LogP contribution in [0.5, 0.6) is 0 Å². The Labute approximate surface area is 191 Å². The van der Waals surface area contributed by atoms with Gasteiger partial charge in [-0.05, 0) is 42.8 Å². The van der Waals surface area contributed by atoms with E-state index in [1.54, 1.807) is 12.1 Å². The first-order valence-corrected chi connectivity index (χ1v) is 10.4. The molecule has 0 atom stereocenters. The lowest BCUT2D eigenvalue weighted by Gasteiger charge is -2.09. The minimum absolute atomic E-state index is 0.0510. The number of fused-ring (bicyclic) bond motifs is 1. The second-order valence-electron chi connectivity index (χ2n) is 7.60. The van der Waals surface area contributed by atoms with Gasteiger partial charge in [0.1, 0.15) is 11.6 Å². The largest absolute Gasteiger partial charge is 0.478 e. The standard InChI is InChI=1S/C27H21N3O3/c1-18-24(15-21(16-28)26(31)29-22-11-7-10-20(14-22)27(32)33)23-12-5-6-13-25(23)30(18)17-19-8-3-2-4-9-19/h2-15H,17H2,1H3,(H,29,31)(H,32,33)/b21-15-. The van der Waals surface area contributed by atoms with Crippen LogP contribution in [0.15, 0.2) is 84.4 Å². The molecule has 6 heteroatoms. The molecule has 4 aromatic rings. The van der Waals surface area contributed by atoms with Crippen molar-refractivity contribution < 1.29 is 14.7 Å². The van der Waals surface area contributed by atoms with Crippen molar-refractivity contribution in [1.82, 2.24) is 4.57 Å². The maximum absolute atomic E-state index is 12.8. The zero-order valence-electron chi connectivity index (χ0n) is 17.9. The molecule has 2 N–H and O–H groups in total. The number of amides is 1. The van der Waals surface area contributed by atoms with Crippen molar-refractivity contribution >= 4 is 34.5 Å². The molecule has 0 aliphatic carbocycles. The maximum atomic E-state index is 12.8. The quantitative estimate of drug-likeness (QED) is 0.320. The third-order valence-electron chi connectivity index (χ3n) is 5.48. The summed E-state index contributed by atoms with van der Waals surface area (Å²) < 4.78 is 2.17. The molecule has 6 nitrogen and oxygen atoms in total. The Bertz CT molecular complexity index is 1430. The van der Waals surface area contributed by atoms with E-state index in [1.165, 1.54) is 18.2 Å². The molecule has 0 bridgehead atoms. The summed E-state index contributed by atoms with van der Waals surface area (Å²) in [5.74, 6) is -1.69. The van der Waals surface area contributed by atoms with Crippen molar-refractivity contribution in [2.24, 2.45) is 0 Å². The number of benzene rings is 3. The predicted octanol–water partition coefficient (Wildman–Crippen LogP) is 5.24. The number of carbonyl (C=O) groups is 2. The molecular formula is C27H21N3O3. The van der Waals surface area contributed by atoms with Crippen LogP contribution in [0.1, 0.15) is 27.2 Å². The van der Waals surface area contributed by atoms with E-state index in [1.807, 2.05) is 55.5 Å². The van der Waals surface area contributed by atoms with Gasteiger partial charge in [0.15, 0.2) is 0 Å². The number of carboxylic acid groups (broad SMARTS) is 1. The fourth-order valence-corrected chi connectivity index (χ4v) is 3.83. The Morgan fingerprint density at radius 1 is 1.03 bits per heavy atom. The fraction of sp³-hybridized carbons (Fsp3) is 0.0741. The average molecular weight is 435 g/mol. The summed E-state index contributed by atoms with van der Waals surface area (Å²) in [6.07, 6.45) is 1.59. The second kappa shape index (κ2) is 9.25. The molecule has 3 aromatic carbocycles. The monoisotopic (exact) mass is 435 g/mol. The number of nitrogens with zero attached hydrogens (tertiary/aromatic N) is 2. The van der Waals surface area contributed by atoms with Crippen LogP contribution in [0.25, 0.3) is 17.0 Å². The lowest BCUT2D eigenvalue weighted by Crippen LogP contribution is -2.14. The molecule has 1 aromatic heterocycles. The maximum Gasteiger partial charge on any atom is 0.335 e. The molecule has 0 spiro atoms. The second-order valence-corrected chi connectivity index (χ2v) is 7.60. The molecular weight excluding hydrogens is 414 g/mol. The summed E-state index contributed by atoms with van der Waals surface area (Å²) in [7, 11) is 0. The van der Waals surface area contributed by atoms with E-state index in [2.05, 4.69) is 22.0 Å². The van der Waals surface area contributed by atoms with Gasteiger partial charge in [0.25, 0.3) is 5.91 Å². The first-order valence-electron chi connectivity index (χ1n) is 10.4. The van der Waals surface area contributed by atoms with Gasteiger partial charge in [0.05, 0.1) is 5.56 Å². The van der Waals surface area contributed by atoms with Crippen LogP contribution < -0.4 is 5.32 Å². The Kier molecular flexibility index (Phi) is 6.05. The number of rotatable bonds is 6. The number of hydrogen-bond acceptors (Lipinski definition) is 3. The average Bonchev–Trinajstić information content (AvgIpc) is 3.09. The van der Waals surface area contributed by atoms with Gasteiger partial charge in [-0.3, -0.25) is 4.79 Å². The molecule has 33 heavy (non-hydrogen) atoms. The summed E-state index contributed by atoms with van der Waals surface area (Å²) in [6.45, 7) is 2.63. The summed E-state index contributed by atoms with van der Waals surface area (Å²) in [5, 5.41) is 22.4. The highest BCUT2D eigenvalue weighted by Gasteiger charge is 2.16. The number of carbonyl (C=O) groups excluding carboxylic acids is 1. The van der Waals surface area contributed by atoms with Gasteiger partial charge >= 0.3 is 5.97 Å². The number of carboxylic acids is 1. The molecule has 0 aliphatic heterocycles. The molecule has 1 heterocycles. The van der Waals surface area contributed by atoms with Crippen molar-refractivity contribution in [3.63, 3.8) is 0 Å². The number of hydrogen-bond donors (Lipinski definition) is 2. The van der Waals surface area contributed by atoms with Crippen LogP contribution in [-0.2, 0) is 11.3 Å². The highest BCUT2D eigenvalue weighted by Crippen LogP contribution is 2.29. The van der Waals surface area contributed by atoms with Gasteiger partial charge in [-0.1, -0.05) is 54.6 Å². The lowest BCUT2D eigenvalue weighted by molar-refractivity contribution is -0.112. The number of nitrogens with one attached hydrogen (secondary N) is 1. The van der Waals surface area contributed by atoms with Crippen molar-refractivity contribution in [2.45, 2.75) is 13.5 Å². The number of anilines is 1. The fourth-order valence-electron chi connectivity index (χ4n) is 3.83. The molecule has 0 aliphatic rings. The zero-order valence-corrected chi connectivity index (χ0v) is 17.9. The number of aromatic carboxylic acids is 1. The van der Waals surface area contributed by atoms with Crippen LogP contribution in [-0.4, -0.2) is 21.6 Å². The highest BCUT2D eigenvalue weighted by molar-refractivity contribution is 6.11. The third-order valence-corrected chi connectivity index (χ3v) is 5.48. The Morgan fingerprint density at radius 2 is 1.76 bits per heavy atom. The topological polar surface area (TPSA) is 95.1 Å². The van der Waals surface area contributed by atoms with Crippen molar-refractivity contribution in [3.05, 3.63) is 107 Å². The molecule has 0 fully saturated rings. The van der Waals surface area contributed by atoms with Crippen LogP contribution in [0, 0.1) is 18.3 Å². The van der Waals surface area contributed by atoms with Crippen molar-refractivity contribution in [3.8, 4) is 6.07 Å². The Balaban J connectivity index is 1.72. The van der Waals surface area contributed by atoms with Gasteiger partial charge in [0.2, 0.25) is 0 Å². The summed E-state index contributed by atoms with van der Waals surface area (Å²) in [6, 6.07) is 25.8. The molecule has 0 saturated carbocycles. The Hall–Kier alpha value is -4.63. The smallest absolute Gasteiger partial charge is 0.335 e. The van der Waals surface area contributed by atoms with Crippen LogP contribution >= 0.6 is 0 Å². The Morgan fingerprint density at radius 3 is 2.48 bits per heavy atom. The van der Waals surface area contributed by atoms with Crippen molar-refractivity contribution in [2.75, 3.05) is 5.32 Å². The van der Waals surface area contributed by atoms with E-state index in [-0.39, 0.29) is 11.1 Å². The molecule has 4 rings (SSSR count). The third kappa shape index (κ3) is 4.53. The molecule has 0 radical (unpaired) electrons. The first-order chi connectivity index (χ1) is 16.0. The van der Waals surface area contributed by atoms with Gasteiger partial charge in [-0.15, -0.1) is 0 Å². The number of aromatic nitrogens is 1. The van der Waals surface area contributed by atoms with Gasteiger partial charge < -0.3 is 15.0 Å². The highest BCUT2D eigenvalue weighted by atomic mass is 16.4. The van der Waals surface area contributed by atoms with E-state index in [4.69, 9.17) is 5.11 Å². The summed E-state index contributed by atoms with van der Waals surface area (Å²) >= 11 is 0. The minimum atomic E-state index is -1.09. The SMILES string of the molecule is Cc1c(/C=C(/C#N)C(=O)Nc2cccc(C(=O)O)c2)c2ccccc2n1Cc1ccccc1. The molecule has 0 saturated heterocycles. The van der Waals surface area contributed by atoms with Crippen molar-refractivity contribution in [1.29, 1.82) is 5.26 Å². The summed E-state index contributed by atoms with van der Waals surface area (Å²) in [5.41, 5.74) is 4.19. The number of nitriles is 1. The molecule has 162 valence electrons. The van der Waals surface area contributed by atoms with E-state index < -0.39 is 11.9 Å².